The smallest absolute Gasteiger partial charge is 0.403 e. The third-order valence-corrected chi connectivity index (χ3v) is 5.72. The van der Waals surface area contributed by atoms with Crippen LogP contribution in [0.1, 0.15) is 53.5 Å². The topological polar surface area (TPSA) is 47.6 Å². The van der Waals surface area contributed by atoms with Crippen molar-refractivity contribution >= 4 is 18.7 Å². The summed E-state index contributed by atoms with van der Waals surface area (Å²) in [7, 11) is -0.529. The largest absolute Gasteiger partial charge is 0.458 e. The van der Waals surface area contributed by atoms with Crippen molar-refractivity contribution < 1.29 is 27.3 Å². The number of anilines is 1. The Hall–Kier alpha value is -1.54. The minimum atomic E-state index is -4.41. The van der Waals surface area contributed by atoms with Gasteiger partial charge in [0.05, 0.1) is 16.8 Å². The molecule has 1 aliphatic heterocycles. The van der Waals surface area contributed by atoms with Gasteiger partial charge in [-0.25, -0.2) is 0 Å². The molecular weight excluding hydrogens is 358 g/mol. The predicted molar refractivity (Wildman–Crippen MR) is 99.4 cm³/mol. The minimum absolute atomic E-state index is 0.278. The number of amides is 1. The first-order chi connectivity index (χ1) is 12.2. The molecular formula is C19H27BF3NO3. The molecule has 0 saturated carbocycles. The third kappa shape index (κ3) is 4.66. The fourth-order valence-corrected chi connectivity index (χ4v) is 2.84. The van der Waals surface area contributed by atoms with E-state index in [9.17, 15) is 18.0 Å². The summed E-state index contributed by atoms with van der Waals surface area (Å²) >= 11 is 0. The van der Waals surface area contributed by atoms with E-state index in [2.05, 4.69) is 5.32 Å². The zero-order valence-electron chi connectivity index (χ0n) is 16.7. The van der Waals surface area contributed by atoms with E-state index < -0.39 is 35.5 Å². The Balaban J connectivity index is 2.08. The average molecular weight is 385 g/mol. The number of hydrogen-bond acceptors (Lipinski definition) is 3. The Kier molecular flexibility index (Phi) is 5.75. The molecule has 27 heavy (non-hydrogen) atoms. The first-order valence-corrected chi connectivity index (χ1v) is 9.04. The average Bonchev–Trinajstić information content (AvgIpc) is 2.73. The molecule has 1 fully saturated rings. The van der Waals surface area contributed by atoms with Crippen LogP contribution in [0.4, 0.5) is 18.9 Å². The summed E-state index contributed by atoms with van der Waals surface area (Å²) in [6.07, 6.45) is -3.52. The molecule has 8 heteroatoms. The van der Waals surface area contributed by atoms with Gasteiger partial charge in [-0.05, 0) is 64.7 Å². The molecule has 1 N–H and O–H groups in total. The molecule has 1 saturated heterocycles. The van der Waals surface area contributed by atoms with Gasteiger partial charge in [0.25, 0.3) is 0 Å². The zero-order valence-corrected chi connectivity index (χ0v) is 16.7. The molecule has 1 heterocycles. The van der Waals surface area contributed by atoms with Crippen molar-refractivity contribution in [3.63, 3.8) is 0 Å². The van der Waals surface area contributed by atoms with Crippen molar-refractivity contribution in [2.24, 2.45) is 5.41 Å². The number of alkyl halides is 3. The first-order valence-electron chi connectivity index (χ1n) is 9.04. The van der Waals surface area contributed by atoms with Crippen molar-refractivity contribution in [1.82, 2.24) is 0 Å². The summed E-state index contributed by atoms with van der Waals surface area (Å²) in [5.74, 6) is -0.278. The van der Waals surface area contributed by atoms with Crippen molar-refractivity contribution in [2.75, 3.05) is 5.32 Å². The number of rotatable bonds is 5. The van der Waals surface area contributed by atoms with Gasteiger partial charge in [-0.15, -0.1) is 0 Å². The Morgan fingerprint density at radius 1 is 1.07 bits per heavy atom. The van der Waals surface area contributed by atoms with E-state index in [0.717, 1.165) is 12.1 Å². The molecule has 0 aliphatic carbocycles. The summed E-state index contributed by atoms with van der Waals surface area (Å²) < 4.78 is 50.0. The molecule has 0 aromatic heterocycles. The maximum absolute atomic E-state index is 12.8. The van der Waals surface area contributed by atoms with E-state index in [0.29, 0.717) is 18.4 Å². The molecule has 4 nitrogen and oxygen atoms in total. The second kappa shape index (κ2) is 7.13. The molecule has 2 rings (SSSR count). The van der Waals surface area contributed by atoms with E-state index in [1.807, 2.05) is 34.6 Å². The van der Waals surface area contributed by atoms with Crippen molar-refractivity contribution in [2.45, 2.75) is 71.7 Å². The fourth-order valence-electron chi connectivity index (χ4n) is 2.84. The first kappa shape index (κ1) is 21.8. The number of hydrogen-bond donors (Lipinski definition) is 1. The summed E-state index contributed by atoms with van der Waals surface area (Å²) in [5, 5.41) is 2.71. The highest BCUT2D eigenvalue weighted by Gasteiger charge is 2.53. The zero-order chi connectivity index (χ0) is 20.7. The third-order valence-electron chi connectivity index (χ3n) is 5.72. The number of nitrogens with one attached hydrogen (secondary N) is 1. The fraction of sp³-hybridized carbons (Fsp3) is 0.632. The van der Waals surface area contributed by atoms with E-state index in [4.69, 9.17) is 9.31 Å². The van der Waals surface area contributed by atoms with Gasteiger partial charge in [-0.1, -0.05) is 13.8 Å². The van der Waals surface area contributed by atoms with Crippen LogP contribution >= 0.6 is 0 Å². The number of carbonyl (C=O) groups excluding carboxylic acids is 1. The van der Waals surface area contributed by atoms with E-state index in [1.54, 1.807) is 6.92 Å². The van der Waals surface area contributed by atoms with E-state index in [-0.39, 0.29) is 5.91 Å². The summed E-state index contributed by atoms with van der Waals surface area (Å²) in [6, 6.07) is 4.41. The SMILES string of the molecule is CCC(C)(CB1OC(C)(C)C(C)(C)O1)C(=O)Nc1ccc(C(F)(F)F)cc1. The van der Waals surface area contributed by atoms with Gasteiger partial charge in [0.1, 0.15) is 0 Å². The lowest BCUT2D eigenvalue weighted by atomic mass is 9.67. The molecule has 1 atom stereocenters. The Morgan fingerprint density at radius 2 is 1.56 bits per heavy atom. The summed E-state index contributed by atoms with van der Waals surface area (Å²) in [5.41, 5.74) is -2.20. The molecule has 0 bridgehead atoms. The van der Waals surface area contributed by atoms with E-state index in [1.165, 1.54) is 12.1 Å². The van der Waals surface area contributed by atoms with Gasteiger partial charge in [-0.2, -0.15) is 13.2 Å². The second-order valence-electron chi connectivity index (χ2n) is 8.33. The minimum Gasteiger partial charge on any atom is -0.403 e. The van der Waals surface area contributed by atoms with Gasteiger partial charge in [0.2, 0.25) is 5.91 Å². The lowest BCUT2D eigenvalue weighted by molar-refractivity contribution is -0.137. The standard InChI is InChI=1S/C19H27BF3NO3/c1-7-18(6,12-20-26-16(2,3)17(4,5)27-20)15(25)24-14-10-8-13(9-11-14)19(21,22)23/h8-11H,7,12H2,1-6H3,(H,24,25). The second-order valence-corrected chi connectivity index (χ2v) is 8.33. The van der Waals surface area contributed by atoms with E-state index >= 15 is 0 Å². The maximum atomic E-state index is 12.8. The van der Waals surface area contributed by atoms with Gasteiger partial charge in [-0.3, -0.25) is 4.79 Å². The molecule has 150 valence electrons. The molecule has 1 aliphatic rings. The van der Waals surface area contributed by atoms with Crippen molar-refractivity contribution in [1.29, 1.82) is 0 Å². The summed E-state index contributed by atoms with van der Waals surface area (Å²) in [6.45, 7) is 11.5. The molecule has 1 amide bonds. The lowest BCUT2D eigenvalue weighted by Crippen LogP contribution is -2.41. The van der Waals surface area contributed by atoms with Crippen LogP contribution in [0, 0.1) is 5.41 Å². The van der Waals surface area contributed by atoms with Crippen LogP contribution in [0.15, 0.2) is 24.3 Å². The highest BCUT2D eigenvalue weighted by Crippen LogP contribution is 2.41. The van der Waals surface area contributed by atoms with Crippen LogP contribution < -0.4 is 5.32 Å². The van der Waals surface area contributed by atoms with Crippen LogP contribution in [0.3, 0.4) is 0 Å². The molecule has 1 aromatic carbocycles. The number of benzene rings is 1. The van der Waals surface area contributed by atoms with Gasteiger partial charge in [0, 0.05) is 11.1 Å². The summed E-state index contributed by atoms with van der Waals surface area (Å²) in [4.78, 5) is 12.8. The maximum Gasteiger partial charge on any atom is 0.458 e. The molecule has 1 unspecified atom stereocenters. The highest BCUT2D eigenvalue weighted by atomic mass is 19.4. The predicted octanol–water partition coefficient (Wildman–Crippen LogP) is 5.15. The molecule has 0 radical (unpaired) electrons. The lowest BCUT2D eigenvalue weighted by Gasteiger charge is -2.32. The Labute approximate surface area is 158 Å². The number of carbonyl (C=O) groups is 1. The van der Waals surface area contributed by atoms with Gasteiger partial charge in [0.15, 0.2) is 0 Å². The highest BCUT2D eigenvalue weighted by molar-refractivity contribution is 6.46. The normalized spacial score (nSPS) is 21.0. The van der Waals surface area contributed by atoms with Crippen molar-refractivity contribution in [3.05, 3.63) is 29.8 Å². The molecule has 1 aromatic rings. The monoisotopic (exact) mass is 385 g/mol. The Morgan fingerprint density at radius 3 is 1.96 bits per heavy atom. The van der Waals surface area contributed by atoms with Crippen LogP contribution in [-0.4, -0.2) is 24.2 Å². The number of halogens is 3. The quantitative estimate of drug-likeness (QED) is 0.713. The van der Waals surface area contributed by atoms with Crippen molar-refractivity contribution in [3.8, 4) is 0 Å². The van der Waals surface area contributed by atoms with Crippen LogP contribution in [0.5, 0.6) is 0 Å². The molecule has 0 spiro atoms. The van der Waals surface area contributed by atoms with Gasteiger partial charge >= 0.3 is 13.3 Å². The van der Waals surface area contributed by atoms with Crippen LogP contribution in [-0.2, 0) is 20.3 Å². The Bertz CT molecular complexity index is 672. The van der Waals surface area contributed by atoms with Crippen LogP contribution in [0.2, 0.25) is 6.32 Å². The van der Waals surface area contributed by atoms with Gasteiger partial charge < -0.3 is 14.6 Å². The van der Waals surface area contributed by atoms with Crippen LogP contribution in [0.25, 0.3) is 0 Å².